The maximum absolute atomic E-state index is 13.8. The molecule has 4 aliphatic rings. The van der Waals surface area contributed by atoms with Crippen molar-refractivity contribution in [2.75, 3.05) is 26.2 Å². The van der Waals surface area contributed by atoms with Gasteiger partial charge in [0.1, 0.15) is 0 Å². The predicted octanol–water partition coefficient (Wildman–Crippen LogP) is 3.03. The molecule has 1 aromatic rings. The van der Waals surface area contributed by atoms with Gasteiger partial charge in [-0.15, -0.1) is 0 Å². The second-order valence-electron chi connectivity index (χ2n) is 10.0. The van der Waals surface area contributed by atoms with Crippen molar-refractivity contribution < 1.29 is 9.90 Å². The molecule has 2 atom stereocenters. The normalized spacial score (nSPS) is 30.7. The first kappa shape index (κ1) is 21.4. The number of hydrogen-bond acceptors (Lipinski definition) is 5. The summed E-state index contributed by atoms with van der Waals surface area (Å²) in [6, 6.07) is 8.09. The van der Waals surface area contributed by atoms with E-state index >= 15 is 0 Å². The molecule has 0 spiro atoms. The maximum Gasteiger partial charge on any atom is 0.262 e. The SMILES string of the molecule is CC1(O)C=C(c2cccc(C3(C4CC4)N=C(N)N(CCCN4CCCC4)C3=O)c2)C=CC1. The van der Waals surface area contributed by atoms with E-state index in [1.54, 1.807) is 4.90 Å². The van der Waals surface area contributed by atoms with Crippen LogP contribution in [0.2, 0.25) is 0 Å². The minimum atomic E-state index is -0.908. The number of carbonyl (C=O) groups is 1. The van der Waals surface area contributed by atoms with Gasteiger partial charge < -0.3 is 15.7 Å². The molecule has 2 heterocycles. The molecule has 170 valence electrons. The standard InChI is InChI=1S/C26H34N4O2/c1-25(32)12-5-8-20(18-25)19-7-4-9-22(17-19)26(21-10-11-21)23(31)30(24(27)28-26)16-6-15-29-13-2-3-14-29/h4-5,7-9,17-18,21,32H,2-3,6,10-16H2,1H3,(H2,27,28). The summed E-state index contributed by atoms with van der Waals surface area (Å²) in [6.45, 7) is 5.76. The second-order valence-corrected chi connectivity index (χ2v) is 10.0. The third-order valence-electron chi connectivity index (χ3n) is 7.29. The summed E-state index contributed by atoms with van der Waals surface area (Å²) < 4.78 is 0. The molecule has 2 fully saturated rings. The van der Waals surface area contributed by atoms with Crippen LogP contribution in [0.1, 0.15) is 56.6 Å². The number of aliphatic hydroxyl groups is 1. The van der Waals surface area contributed by atoms with E-state index in [-0.39, 0.29) is 11.8 Å². The molecule has 0 radical (unpaired) electrons. The first-order valence-electron chi connectivity index (χ1n) is 12.0. The average Bonchev–Trinajstić information content (AvgIpc) is 3.43. The van der Waals surface area contributed by atoms with E-state index in [0.29, 0.717) is 18.9 Å². The molecule has 1 saturated heterocycles. The van der Waals surface area contributed by atoms with Crippen molar-refractivity contribution in [3.05, 3.63) is 53.6 Å². The van der Waals surface area contributed by atoms with Crippen LogP contribution < -0.4 is 5.73 Å². The van der Waals surface area contributed by atoms with Gasteiger partial charge in [0, 0.05) is 6.54 Å². The monoisotopic (exact) mass is 434 g/mol. The summed E-state index contributed by atoms with van der Waals surface area (Å²) >= 11 is 0. The fraction of sp³-hybridized carbons (Fsp3) is 0.538. The van der Waals surface area contributed by atoms with Gasteiger partial charge >= 0.3 is 0 Å². The maximum atomic E-state index is 13.8. The molecule has 1 saturated carbocycles. The zero-order valence-electron chi connectivity index (χ0n) is 19.0. The van der Waals surface area contributed by atoms with Gasteiger partial charge in [0.25, 0.3) is 5.91 Å². The number of rotatable bonds is 7. The molecule has 2 aliphatic heterocycles. The van der Waals surface area contributed by atoms with Crippen molar-refractivity contribution in [2.24, 2.45) is 16.6 Å². The molecule has 2 unspecified atom stereocenters. The minimum absolute atomic E-state index is 0.0243. The number of likely N-dealkylation sites (tertiary alicyclic amines) is 1. The fourth-order valence-corrected chi connectivity index (χ4v) is 5.45. The third-order valence-corrected chi connectivity index (χ3v) is 7.29. The van der Waals surface area contributed by atoms with Crippen LogP contribution in [-0.4, -0.2) is 58.6 Å². The molecule has 6 heteroatoms. The average molecular weight is 435 g/mol. The zero-order valence-corrected chi connectivity index (χ0v) is 19.0. The van der Waals surface area contributed by atoms with Crippen LogP contribution in [0.25, 0.3) is 5.57 Å². The summed E-state index contributed by atoms with van der Waals surface area (Å²) in [5.74, 6) is 0.580. The molecule has 5 rings (SSSR count). The molecular weight excluding hydrogens is 400 g/mol. The van der Waals surface area contributed by atoms with E-state index in [9.17, 15) is 9.90 Å². The fourth-order valence-electron chi connectivity index (χ4n) is 5.45. The summed E-state index contributed by atoms with van der Waals surface area (Å²) in [5, 5.41) is 10.5. The van der Waals surface area contributed by atoms with Crippen LogP contribution in [0.4, 0.5) is 0 Å². The summed E-state index contributed by atoms with van der Waals surface area (Å²) in [5.41, 5.74) is 7.46. The second kappa shape index (κ2) is 8.16. The lowest BCUT2D eigenvalue weighted by molar-refractivity contribution is -0.132. The number of benzene rings is 1. The lowest BCUT2D eigenvalue weighted by Gasteiger charge is -2.28. The molecule has 2 aliphatic carbocycles. The number of amides is 1. The first-order valence-corrected chi connectivity index (χ1v) is 12.0. The Bertz CT molecular complexity index is 985. The Kier molecular flexibility index (Phi) is 5.46. The van der Waals surface area contributed by atoms with E-state index < -0.39 is 11.1 Å². The Morgan fingerprint density at radius 2 is 2.00 bits per heavy atom. The van der Waals surface area contributed by atoms with Crippen molar-refractivity contribution in [1.29, 1.82) is 0 Å². The lowest BCUT2D eigenvalue weighted by atomic mass is 9.82. The Hall–Kier alpha value is -2.44. The largest absolute Gasteiger partial charge is 0.386 e. The molecule has 3 N–H and O–H groups in total. The number of aliphatic imine (C=N–C) groups is 1. The first-order chi connectivity index (χ1) is 15.4. The Balaban J connectivity index is 1.40. The molecule has 1 amide bonds. The van der Waals surface area contributed by atoms with Crippen LogP contribution in [0.15, 0.2) is 47.5 Å². The van der Waals surface area contributed by atoms with E-state index in [1.807, 2.05) is 43.4 Å². The number of guanidine groups is 1. The Labute approximate surface area is 190 Å². The van der Waals surface area contributed by atoms with E-state index in [4.69, 9.17) is 10.7 Å². The van der Waals surface area contributed by atoms with Gasteiger partial charge in [0.2, 0.25) is 0 Å². The van der Waals surface area contributed by atoms with E-state index in [1.165, 1.54) is 12.8 Å². The molecule has 1 aromatic carbocycles. The van der Waals surface area contributed by atoms with E-state index in [2.05, 4.69) is 11.0 Å². The Morgan fingerprint density at radius 1 is 1.22 bits per heavy atom. The smallest absolute Gasteiger partial charge is 0.262 e. The molecule has 32 heavy (non-hydrogen) atoms. The topological polar surface area (TPSA) is 82.2 Å². The van der Waals surface area contributed by atoms with Gasteiger partial charge in [-0.25, -0.2) is 4.99 Å². The van der Waals surface area contributed by atoms with Crippen LogP contribution in [0.3, 0.4) is 0 Å². The van der Waals surface area contributed by atoms with Crippen LogP contribution in [-0.2, 0) is 10.3 Å². The summed E-state index contributed by atoms with van der Waals surface area (Å²) in [6.07, 6.45) is 12.0. The van der Waals surface area contributed by atoms with Crippen molar-refractivity contribution in [2.45, 2.75) is 56.6 Å². The van der Waals surface area contributed by atoms with Gasteiger partial charge in [-0.1, -0.05) is 30.4 Å². The van der Waals surface area contributed by atoms with Gasteiger partial charge in [-0.3, -0.25) is 9.69 Å². The Morgan fingerprint density at radius 3 is 2.72 bits per heavy atom. The predicted molar refractivity (Wildman–Crippen MR) is 127 cm³/mol. The van der Waals surface area contributed by atoms with Gasteiger partial charge in [0.15, 0.2) is 11.5 Å². The van der Waals surface area contributed by atoms with Crippen molar-refractivity contribution >= 4 is 17.4 Å². The van der Waals surface area contributed by atoms with Gasteiger partial charge in [0.05, 0.1) is 5.60 Å². The summed E-state index contributed by atoms with van der Waals surface area (Å²) in [4.78, 5) is 22.8. The number of hydrogen-bond donors (Lipinski definition) is 2. The van der Waals surface area contributed by atoms with Crippen molar-refractivity contribution in [3.63, 3.8) is 0 Å². The van der Waals surface area contributed by atoms with Crippen LogP contribution in [0.5, 0.6) is 0 Å². The number of carbonyl (C=O) groups excluding carboxylic acids is 1. The highest BCUT2D eigenvalue weighted by Gasteiger charge is 2.57. The highest BCUT2D eigenvalue weighted by molar-refractivity contribution is 6.07. The highest BCUT2D eigenvalue weighted by atomic mass is 16.3. The number of nitrogens with zero attached hydrogens (tertiary/aromatic N) is 3. The van der Waals surface area contributed by atoms with Crippen molar-refractivity contribution in [1.82, 2.24) is 9.80 Å². The number of allylic oxidation sites excluding steroid dienone is 2. The van der Waals surface area contributed by atoms with Crippen LogP contribution >= 0.6 is 0 Å². The third kappa shape index (κ3) is 3.90. The zero-order chi connectivity index (χ0) is 22.3. The molecular formula is C26H34N4O2. The van der Waals surface area contributed by atoms with E-state index in [0.717, 1.165) is 55.6 Å². The molecule has 6 nitrogen and oxygen atoms in total. The highest BCUT2D eigenvalue weighted by Crippen LogP contribution is 2.52. The minimum Gasteiger partial charge on any atom is -0.386 e. The quantitative estimate of drug-likeness (QED) is 0.691. The molecule has 0 bridgehead atoms. The van der Waals surface area contributed by atoms with Crippen molar-refractivity contribution in [3.8, 4) is 0 Å². The number of nitrogens with two attached hydrogens (primary N) is 1. The molecule has 0 aromatic heterocycles. The van der Waals surface area contributed by atoms with Crippen LogP contribution in [0, 0.1) is 5.92 Å². The van der Waals surface area contributed by atoms with Gasteiger partial charge in [-0.2, -0.15) is 0 Å². The summed E-state index contributed by atoms with van der Waals surface area (Å²) in [7, 11) is 0. The lowest BCUT2D eigenvalue weighted by Crippen LogP contribution is -2.45. The van der Waals surface area contributed by atoms with Gasteiger partial charge in [-0.05, 0) is 99.8 Å².